The SMILES string of the molecule is c1csc(CCN2CCCC(c3nc4ccccc4o3)C2)c1. The highest BCUT2D eigenvalue weighted by atomic mass is 32.1. The molecule has 1 fully saturated rings. The van der Waals surface area contributed by atoms with E-state index in [0.29, 0.717) is 5.92 Å². The molecule has 0 amide bonds. The Labute approximate surface area is 134 Å². The van der Waals surface area contributed by atoms with Crippen LogP contribution in [0.5, 0.6) is 0 Å². The quantitative estimate of drug-likeness (QED) is 0.719. The van der Waals surface area contributed by atoms with Gasteiger partial charge in [-0.25, -0.2) is 4.98 Å². The Kier molecular flexibility index (Phi) is 3.95. The van der Waals surface area contributed by atoms with Gasteiger partial charge in [-0.15, -0.1) is 11.3 Å². The molecule has 4 heteroatoms. The van der Waals surface area contributed by atoms with Gasteiger partial charge < -0.3 is 9.32 Å². The van der Waals surface area contributed by atoms with E-state index in [0.717, 1.165) is 36.5 Å². The van der Waals surface area contributed by atoms with Crippen LogP contribution in [0.15, 0.2) is 46.2 Å². The molecule has 3 aromatic rings. The second-order valence-corrected chi connectivity index (χ2v) is 7.02. The van der Waals surface area contributed by atoms with Crippen LogP contribution in [0.1, 0.15) is 29.5 Å². The maximum atomic E-state index is 5.97. The highest BCUT2D eigenvalue weighted by Gasteiger charge is 2.25. The van der Waals surface area contributed by atoms with Crippen LogP contribution in [-0.4, -0.2) is 29.5 Å². The molecule has 114 valence electrons. The van der Waals surface area contributed by atoms with Crippen LogP contribution in [0.25, 0.3) is 11.1 Å². The Hall–Kier alpha value is -1.65. The number of para-hydroxylation sites is 2. The first-order chi connectivity index (χ1) is 10.9. The third-order valence-electron chi connectivity index (χ3n) is 4.42. The number of aromatic nitrogens is 1. The Balaban J connectivity index is 1.43. The van der Waals surface area contributed by atoms with Gasteiger partial charge in [-0.1, -0.05) is 18.2 Å². The summed E-state index contributed by atoms with van der Waals surface area (Å²) < 4.78 is 5.97. The van der Waals surface area contributed by atoms with Gasteiger partial charge in [0.1, 0.15) is 5.52 Å². The van der Waals surface area contributed by atoms with Crippen LogP contribution in [0.4, 0.5) is 0 Å². The number of fused-ring (bicyclic) bond motifs is 1. The molecule has 0 saturated carbocycles. The van der Waals surface area contributed by atoms with Crippen LogP contribution in [0, 0.1) is 0 Å². The molecule has 2 aromatic heterocycles. The molecule has 4 rings (SSSR count). The van der Waals surface area contributed by atoms with Gasteiger partial charge in [0, 0.05) is 23.9 Å². The van der Waals surface area contributed by atoms with Crippen LogP contribution in [-0.2, 0) is 6.42 Å². The van der Waals surface area contributed by atoms with Crippen molar-refractivity contribution in [2.75, 3.05) is 19.6 Å². The summed E-state index contributed by atoms with van der Waals surface area (Å²) in [4.78, 5) is 8.72. The third kappa shape index (κ3) is 2.94. The van der Waals surface area contributed by atoms with Crippen molar-refractivity contribution in [3.63, 3.8) is 0 Å². The van der Waals surface area contributed by atoms with Crippen molar-refractivity contribution in [1.29, 1.82) is 0 Å². The number of benzene rings is 1. The lowest BCUT2D eigenvalue weighted by molar-refractivity contribution is 0.197. The zero-order chi connectivity index (χ0) is 14.8. The van der Waals surface area contributed by atoms with E-state index in [2.05, 4.69) is 27.4 Å². The van der Waals surface area contributed by atoms with Crippen molar-refractivity contribution in [2.45, 2.75) is 25.2 Å². The zero-order valence-corrected chi connectivity index (χ0v) is 13.4. The van der Waals surface area contributed by atoms with Crippen LogP contribution >= 0.6 is 11.3 Å². The molecule has 1 aliphatic heterocycles. The summed E-state index contributed by atoms with van der Waals surface area (Å²) in [5.74, 6) is 1.35. The second-order valence-electron chi connectivity index (χ2n) is 5.99. The van der Waals surface area contributed by atoms with Gasteiger partial charge in [-0.3, -0.25) is 0 Å². The van der Waals surface area contributed by atoms with Crippen molar-refractivity contribution in [3.05, 3.63) is 52.5 Å². The molecule has 1 saturated heterocycles. The summed E-state index contributed by atoms with van der Waals surface area (Å²) >= 11 is 1.85. The summed E-state index contributed by atoms with van der Waals surface area (Å²) in [6.45, 7) is 3.40. The van der Waals surface area contributed by atoms with Crippen LogP contribution in [0.3, 0.4) is 0 Å². The fourth-order valence-electron chi connectivity index (χ4n) is 3.25. The number of hydrogen-bond donors (Lipinski definition) is 0. The molecule has 1 atom stereocenters. The van der Waals surface area contributed by atoms with Gasteiger partial charge in [0.05, 0.1) is 0 Å². The van der Waals surface area contributed by atoms with E-state index in [1.807, 2.05) is 35.6 Å². The molecule has 0 aliphatic carbocycles. The van der Waals surface area contributed by atoms with Crippen molar-refractivity contribution in [3.8, 4) is 0 Å². The number of rotatable bonds is 4. The van der Waals surface area contributed by atoms with Crippen LogP contribution in [0.2, 0.25) is 0 Å². The molecule has 1 aliphatic rings. The van der Waals surface area contributed by atoms with Gasteiger partial charge in [-0.05, 0) is 49.4 Å². The highest BCUT2D eigenvalue weighted by Crippen LogP contribution is 2.29. The minimum atomic E-state index is 0.435. The molecule has 3 heterocycles. The smallest absolute Gasteiger partial charge is 0.199 e. The summed E-state index contributed by atoms with van der Waals surface area (Å²) in [6.07, 6.45) is 3.56. The van der Waals surface area contributed by atoms with Crippen molar-refractivity contribution in [1.82, 2.24) is 9.88 Å². The number of thiophene rings is 1. The molecule has 0 bridgehead atoms. The molecule has 0 spiro atoms. The van der Waals surface area contributed by atoms with Crippen molar-refractivity contribution >= 4 is 22.4 Å². The summed E-state index contributed by atoms with van der Waals surface area (Å²) in [6, 6.07) is 12.4. The molecule has 1 unspecified atom stereocenters. The summed E-state index contributed by atoms with van der Waals surface area (Å²) in [5.41, 5.74) is 1.89. The highest BCUT2D eigenvalue weighted by molar-refractivity contribution is 7.09. The van der Waals surface area contributed by atoms with Gasteiger partial charge in [-0.2, -0.15) is 0 Å². The Morgan fingerprint density at radius 2 is 2.18 bits per heavy atom. The summed E-state index contributed by atoms with van der Waals surface area (Å²) in [7, 11) is 0. The zero-order valence-electron chi connectivity index (χ0n) is 12.6. The fraction of sp³-hybridized carbons (Fsp3) is 0.389. The largest absolute Gasteiger partial charge is 0.440 e. The first-order valence-corrected chi connectivity index (χ1v) is 8.87. The van der Waals surface area contributed by atoms with Gasteiger partial charge >= 0.3 is 0 Å². The van der Waals surface area contributed by atoms with E-state index in [4.69, 9.17) is 4.42 Å². The maximum Gasteiger partial charge on any atom is 0.199 e. The van der Waals surface area contributed by atoms with Gasteiger partial charge in [0.25, 0.3) is 0 Å². The lowest BCUT2D eigenvalue weighted by Gasteiger charge is -2.31. The van der Waals surface area contributed by atoms with E-state index >= 15 is 0 Å². The average Bonchev–Trinajstić information content (AvgIpc) is 3.22. The molecule has 0 radical (unpaired) electrons. The molecule has 0 N–H and O–H groups in total. The fourth-order valence-corrected chi connectivity index (χ4v) is 3.95. The molecule has 22 heavy (non-hydrogen) atoms. The summed E-state index contributed by atoms with van der Waals surface area (Å²) in [5, 5.41) is 2.16. The van der Waals surface area contributed by atoms with Gasteiger partial charge in [0.15, 0.2) is 11.5 Å². The van der Waals surface area contributed by atoms with Crippen LogP contribution < -0.4 is 0 Å². The van der Waals surface area contributed by atoms with E-state index in [9.17, 15) is 0 Å². The Bertz CT molecular complexity index is 701. The predicted octanol–water partition coefficient (Wildman–Crippen LogP) is 4.31. The number of hydrogen-bond acceptors (Lipinski definition) is 4. The van der Waals surface area contributed by atoms with Crippen molar-refractivity contribution in [2.24, 2.45) is 0 Å². The number of oxazole rings is 1. The topological polar surface area (TPSA) is 29.3 Å². The predicted molar refractivity (Wildman–Crippen MR) is 90.4 cm³/mol. The standard InChI is InChI=1S/C18H20N2OS/c1-2-8-17-16(7-1)19-18(21-17)14-5-3-10-20(13-14)11-9-15-6-4-12-22-15/h1-2,4,6-8,12,14H,3,5,9-11,13H2. The molecular formula is C18H20N2OS. The molecular weight excluding hydrogens is 292 g/mol. The number of piperidine rings is 1. The number of nitrogens with zero attached hydrogens (tertiary/aromatic N) is 2. The van der Waals surface area contributed by atoms with E-state index in [-0.39, 0.29) is 0 Å². The maximum absolute atomic E-state index is 5.97. The normalized spacial score (nSPS) is 19.7. The Morgan fingerprint density at radius 3 is 3.05 bits per heavy atom. The molecule has 1 aromatic carbocycles. The minimum Gasteiger partial charge on any atom is -0.440 e. The van der Waals surface area contributed by atoms with Gasteiger partial charge in [0.2, 0.25) is 0 Å². The first-order valence-electron chi connectivity index (χ1n) is 7.99. The first kappa shape index (κ1) is 14.0. The van der Waals surface area contributed by atoms with Crippen molar-refractivity contribution < 1.29 is 4.42 Å². The Morgan fingerprint density at radius 1 is 1.23 bits per heavy atom. The monoisotopic (exact) mass is 312 g/mol. The second kappa shape index (κ2) is 6.23. The lowest BCUT2D eigenvalue weighted by Crippen LogP contribution is -2.35. The lowest BCUT2D eigenvalue weighted by atomic mass is 9.98. The number of likely N-dealkylation sites (tertiary alicyclic amines) is 1. The minimum absolute atomic E-state index is 0.435. The molecule has 3 nitrogen and oxygen atoms in total. The van der Waals surface area contributed by atoms with E-state index < -0.39 is 0 Å². The van der Waals surface area contributed by atoms with E-state index in [1.54, 1.807) is 0 Å². The van der Waals surface area contributed by atoms with E-state index in [1.165, 1.54) is 24.3 Å². The average molecular weight is 312 g/mol. The third-order valence-corrected chi connectivity index (χ3v) is 5.36.